The van der Waals surface area contributed by atoms with Crippen molar-refractivity contribution in [1.29, 1.82) is 0 Å². The van der Waals surface area contributed by atoms with E-state index < -0.39 is 9.84 Å². The van der Waals surface area contributed by atoms with E-state index in [2.05, 4.69) is 4.74 Å². The number of rotatable bonds is 8. The number of carbonyl (C=O) groups is 1. The van der Waals surface area contributed by atoms with Crippen LogP contribution in [0.15, 0.2) is 29.2 Å². The lowest BCUT2D eigenvalue weighted by Gasteiger charge is -2.26. The maximum Gasteiger partial charge on any atom is 0.307 e. The van der Waals surface area contributed by atoms with Gasteiger partial charge < -0.3 is 14.4 Å². The highest BCUT2D eigenvalue weighted by atomic mass is 32.2. The summed E-state index contributed by atoms with van der Waals surface area (Å²) < 4.78 is 33.4. The zero-order chi connectivity index (χ0) is 15.9. The lowest BCUT2D eigenvalue weighted by molar-refractivity contribution is -0.140. The average Bonchev–Trinajstić information content (AvgIpc) is 2.46. The first-order valence-corrected chi connectivity index (χ1v) is 8.39. The monoisotopic (exact) mass is 315 g/mol. The number of sulfone groups is 1. The Morgan fingerprint density at radius 2 is 1.86 bits per heavy atom. The summed E-state index contributed by atoms with van der Waals surface area (Å²) in [5.41, 5.74) is 0.570. The fraction of sp³-hybridized carbons (Fsp3) is 0.500. The van der Waals surface area contributed by atoms with Gasteiger partial charge >= 0.3 is 5.97 Å². The summed E-state index contributed by atoms with van der Waals surface area (Å²) >= 11 is 0. The van der Waals surface area contributed by atoms with Gasteiger partial charge in [-0.1, -0.05) is 12.1 Å². The van der Waals surface area contributed by atoms with E-state index >= 15 is 0 Å². The number of para-hydroxylation sites is 1. The molecular weight excluding hydrogens is 294 g/mol. The lowest BCUT2D eigenvalue weighted by atomic mass is 10.2. The standard InChI is InChI=1S/C14H21NO5S/c1-19-11-10-15(9-8-14(16)20-2)12-6-4-5-7-13(12)21(3,17)18/h4-7H,8-11H2,1-3H3. The smallest absolute Gasteiger partial charge is 0.307 e. The minimum absolute atomic E-state index is 0.179. The van der Waals surface area contributed by atoms with Crippen LogP contribution in [0, 0.1) is 0 Å². The number of esters is 1. The summed E-state index contributed by atoms with van der Waals surface area (Å²) in [6, 6.07) is 6.72. The third kappa shape index (κ3) is 5.35. The number of methoxy groups -OCH3 is 2. The Bertz CT molecular complexity index is 570. The first-order valence-electron chi connectivity index (χ1n) is 6.50. The highest BCUT2D eigenvalue weighted by Crippen LogP contribution is 2.25. The van der Waals surface area contributed by atoms with Gasteiger partial charge in [0.25, 0.3) is 0 Å². The molecule has 0 aliphatic rings. The van der Waals surface area contributed by atoms with Gasteiger partial charge in [0.1, 0.15) is 0 Å². The number of hydrogen-bond donors (Lipinski definition) is 0. The van der Waals surface area contributed by atoms with E-state index in [9.17, 15) is 13.2 Å². The summed E-state index contributed by atoms with van der Waals surface area (Å²) in [5, 5.41) is 0. The van der Waals surface area contributed by atoms with Gasteiger partial charge in [-0.05, 0) is 12.1 Å². The topological polar surface area (TPSA) is 72.9 Å². The maximum absolute atomic E-state index is 11.9. The summed E-state index contributed by atoms with van der Waals surface area (Å²) in [7, 11) is -0.450. The number of benzene rings is 1. The van der Waals surface area contributed by atoms with E-state index in [-0.39, 0.29) is 17.3 Å². The number of carbonyl (C=O) groups excluding carboxylic acids is 1. The molecule has 0 aliphatic heterocycles. The molecule has 0 unspecified atom stereocenters. The van der Waals surface area contributed by atoms with E-state index in [0.29, 0.717) is 25.4 Å². The fourth-order valence-electron chi connectivity index (χ4n) is 1.91. The first-order chi connectivity index (χ1) is 9.90. The Morgan fingerprint density at radius 1 is 1.19 bits per heavy atom. The van der Waals surface area contributed by atoms with E-state index in [1.165, 1.54) is 13.4 Å². The van der Waals surface area contributed by atoms with Crippen LogP contribution in [0.3, 0.4) is 0 Å². The van der Waals surface area contributed by atoms with Crippen molar-refractivity contribution in [3.05, 3.63) is 24.3 Å². The number of ether oxygens (including phenoxy) is 2. The van der Waals surface area contributed by atoms with Gasteiger partial charge in [-0.15, -0.1) is 0 Å². The Balaban J connectivity index is 3.05. The second kappa shape index (κ2) is 7.99. The molecule has 0 spiro atoms. The molecular formula is C14H21NO5S. The van der Waals surface area contributed by atoms with Crippen LogP contribution in [-0.2, 0) is 24.1 Å². The van der Waals surface area contributed by atoms with Crippen LogP contribution in [0.25, 0.3) is 0 Å². The summed E-state index contributed by atoms with van der Waals surface area (Å²) in [6.07, 6.45) is 1.35. The van der Waals surface area contributed by atoms with Gasteiger partial charge in [-0.2, -0.15) is 0 Å². The van der Waals surface area contributed by atoms with Crippen LogP contribution in [0.5, 0.6) is 0 Å². The Morgan fingerprint density at radius 3 is 2.43 bits per heavy atom. The quantitative estimate of drug-likeness (QED) is 0.669. The van der Waals surface area contributed by atoms with Gasteiger partial charge in [-0.25, -0.2) is 8.42 Å². The van der Waals surface area contributed by atoms with Crippen molar-refractivity contribution < 1.29 is 22.7 Å². The normalized spacial score (nSPS) is 11.2. The van der Waals surface area contributed by atoms with Gasteiger partial charge in [0.05, 0.1) is 30.7 Å². The number of hydrogen-bond acceptors (Lipinski definition) is 6. The molecule has 0 atom stereocenters. The van der Waals surface area contributed by atoms with Crippen molar-refractivity contribution in [3.8, 4) is 0 Å². The molecule has 0 saturated heterocycles. The molecule has 0 amide bonds. The third-order valence-electron chi connectivity index (χ3n) is 2.98. The summed E-state index contributed by atoms with van der Waals surface area (Å²) in [4.78, 5) is 13.4. The summed E-state index contributed by atoms with van der Waals surface area (Å²) in [6.45, 7) is 1.28. The molecule has 118 valence electrons. The predicted molar refractivity (Wildman–Crippen MR) is 80.3 cm³/mol. The molecule has 0 heterocycles. The van der Waals surface area contributed by atoms with Crippen LogP contribution in [0.1, 0.15) is 6.42 Å². The minimum atomic E-state index is -3.35. The molecule has 0 fully saturated rings. The Kier molecular flexibility index (Phi) is 6.64. The minimum Gasteiger partial charge on any atom is -0.469 e. The molecule has 0 aromatic heterocycles. The SMILES string of the molecule is COCCN(CCC(=O)OC)c1ccccc1S(C)(=O)=O. The van der Waals surface area contributed by atoms with Crippen LogP contribution < -0.4 is 4.90 Å². The predicted octanol–water partition coefficient (Wildman–Crippen LogP) is 1.11. The molecule has 0 bridgehead atoms. The van der Waals surface area contributed by atoms with E-state index in [4.69, 9.17) is 4.74 Å². The first kappa shape index (κ1) is 17.5. The largest absolute Gasteiger partial charge is 0.469 e. The second-order valence-corrected chi connectivity index (χ2v) is 6.53. The van der Waals surface area contributed by atoms with Crippen LogP contribution in [-0.4, -0.2) is 54.6 Å². The lowest BCUT2D eigenvalue weighted by Crippen LogP contribution is -2.31. The Labute approximate surface area is 125 Å². The molecule has 0 radical (unpaired) electrons. The molecule has 0 saturated carbocycles. The van der Waals surface area contributed by atoms with Crippen LogP contribution >= 0.6 is 0 Å². The van der Waals surface area contributed by atoms with Gasteiger partial charge in [0.2, 0.25) is 0 Å². The van der Waals surface area contributed by atoms with Crippen LogP contribution in [0.2, 0.25) is 0 Å². The van der Waals surface area contributed by atoms with E-state index in [1.807, 2.05) is 4.90 Å². The van der Waals surface area contributed by atoms with Gasteiger partial charge in [-0.3, -0.25) is 4.79 Å². The van der Waals surface area contributed by atoms with Crippen LogP contribution in [0.4, 0.5) is 5.69 Å². The van der Waals surface area contributed by atoms with Gasteiger partial charge in [0.15, 0.2) is 9.84 Å². The zero-order valence-electron chi connectivity index (χ0n) is 12.5. The van der Waals surface area contributed by atoms with E-state index in [1.54, 1.807) is 31.4 Å². The summed E-state index contributed by atoms with van der Waals surface area (Å²) in [5.74, 6) is -0.339. The van der Waals surface area contributed by atoms with Crippen molar-refractivity contribution in [2.45, 2.75) is 11.3 Å². The highest BCUT2D eigenvalue weighted by molar-refractivity contribution is 7.90. The second-order valence-electron chi connectivity index (χ2n) is 4.55. The third-order valence-corrected chi connectivity index (χ3v) is 4.13. The van der Waals surface area contributed by atoms with Crippen molar-refractivity contribution >= 4 is 21.5 Å². The molecule has 1 aromatic carbocycles. The van der Waals surface area contributed by atoms with Crippen molar-refractivity contribution in [1.82, 2.24) is 0 Å². The molecule has 1 rings (SSSR count). The molecule has 0 aliphatic carbocycles. The van der Waals surface area contributed by atoms with Crippen molar-refractivity contribution in [3.63, 3.8) is 0 Å². The van der Waals surface area contributed by atoms with Gasteiger partial charge in [0, 0.05) is 26.5 Å². The van der Waals surface area contributed by atoms with E-state index in [0.717, 1.165) is 0 Å². The highest BCUT2D eigenvalue weighted by Gasteiger charge is 2.18. The molecule has 21 heavy (non-hydrogen) atoms. The van der Waals surface area contributed by atoms with Crippen molar-refractivity contribution in [2.75, 3.05) is 45.1 Å². The molecule has 0 N–H and O–H groups in total. The molecule has 6 nitrogen and oxygen atoms in total. The zero-order valence-corrected chi connectivity index (χ0v) is 13.4. The number of anilines is 1. The number of nitrogens with zero attached hydrogens (tertiary/aromatic N) is 1. The molecule has 7 heteroatoms. The fourth-order valence-corrected chi connectivity index (χ4v) is 2.82. The molecule has 1 aromatic rings. The van der Waals surface area contributed by atoms with Crippen molar-refractivity contribution in [2.24, 2.45) is 0 Å². The maximum atomic E-state index is 11.9. The average molecular weight is 315 g/mol. The Hall–Kier alpha value is -1.60.